The Hall–Kier alpha value is -2.83. The predicted octanol–water partition coefficient (Wildman–Crippen LogP) is 1.91. The average molecular weight is 322 g/mol. The minimum Gasteiger partial charge on any atom is -0.343 e. The molecule has 0 saturated carbocycles. The van der Waals surface area contributed by atoms with Crippen molar-refractivity contribution in [1.82, 2.24) is 29.2 Å². The second kappa shape index (κ2) is 5.99. The van der Waals surface area contributed by atoms with Gasteiger partial charge >= 0.3 is 0 Å². The van der Waals surface area contributed by atoms with Crippen LogP contribution < -0.4 is 0 Å². The Balaban J connectivity index is 1.62. The van der Waals surface area contributed by atoms with Crippen molar-refractivity contribution in [3.05, 3.63) is 42.7 Å². The van der Waals surface area contributed by atoms with Crippen LogP contribution in [-0.2, 0) is 4.79 Å². The van der Waals surface area contributed by atoms with Crippen LogP contribution >= 0.6 is 0 Å². The number of piperidine rings is 1. The molecule has 4 rings (SSSR count). The summed E-state index contributed by atoms with van der Waals surface area (Å²) in [7, 11) is 0. The van der Waals surface area contributed by atoms with Gasteiger partial charge in [0.1, 0.15) is 5.69 Å². The Morgan fingerprint density at radius 3 is 2.79 bits per heavy atom. The summed E-state index contributed by atoms with van der Waals surface area (Å²) in [5, 5.41) is 0. The fourth-order valence-electron chi connectivity index (χ4n) is 3.21. The minimum atomic E-state index is 0.145. The molecule has 0 bridgehead atoms. The lowest BCUT2D eigenvalue weighted by atomic mass is 9.93. The molecule has 0 aliphatic carbocycles. The van der Waals surface area contributed by atoms with Crippen LogP contribution in [0.5, 0.6) is 0 Å². The SMILES string of the molecule is CC(=O)N1CCC(c2cncc(-c3cnc4ncccn34)n2)CC1. The summed E-state index contributed by atoms with van der Waals surface area (Å²) < 4.78 is 1.91. The second-order valence-electron chi connectivity index (χ2n) is 6.04. The maximum absolute atomic E-state index is 11.5. The number of hydrogen-bond donors (Lipinski definition) is 0. The van der Waals surface area contributed by atoms with Crippen LogP contribution in [0, 0.1) is 0 Å². The third-order valence-corrected chi connectivity index (χ3v) is 4.56. The molecule has 3 aromatic heterocycles. The van der Waals surface area contributed by atoms with Gasteiger partial charge in [0.2, 0.25) is 11.7 Å². The van der Waals surface area contributed by atoms with Crippen molar-refractivity contribution in [2.75, 3.05) is 13.1 Å². The Labute approximate surface area is 139 Å². The van der Waals surface area contributed by atoms with Crippen LogP contribution in [-0.4, -0.2) is 48.2 Å². The standard InChI is InChI=1S/C17H18N6O/c1-12(24)22-7-3-13(4-8-22)14-9-18-10-15(21-14)16-11-20-17-19-5-2-6-23(16)17/h2,5-6,9-11,13H,3-4,7-8H2,1H3. The molecule has 3 aromatic rings. The number of carbonyl (C=O) groups excluding carboxylic acids is 1. The number of fused-ring (bicyclic) bond motifs is 1. The maximum atomic E-state index is 11.5. The Bertz CT molecular complexity index is 881. The lowest BCUT2D eigenvalue weighted by molar-refractivity contribution is -0.129. The van der Waals surface area contributed by atoms with E-state index in [2.05, 4.69) is 15.0 Å². The van der Waals surface area contributed by atoms with E-state index in [1.54, 1.807) is 25.5 Å². The highest BCUT2D eigenvalue weighted by Gasteiger charge is 2.23. The zero-order valence-electron chi connectivity index (χ0n) is 13.5. The third kappa shape index (κ3) is 2.62. The molecule has 7 nitrogen and oxygen atoms in total. The number of aromatic nitrogens is 5. The van der Waals surface area contributed by atoms with Gasteiger partial charge in [0.15, 0.2) is 0 Å². The quantitative estimate of drug-likeness (QED) is 0.720. The molecule has 122 valence electrons. The maximum Gasteiger partial charge on any atom is 0.234 e. The number of hydrogen-bond acceptors (Lipinski definition) is 5. The van der Waals surface area contributed by atoms with E-state index < -0.39 is 0 Å². The summed E-state index contributed by atoms with van der Waals surface area (Å²) in [5.74, 6) is 1.13. The van der Waals surface area contributed by atoms with Gasteiger partial charge in [-0.25, -0.2) is 15.0 Å². The van der Waals surface area contributed by atoms with E-state index in [0.717, 1.165) is 43.0 Å². The molecule has 1 amide bonds. The van der Waals surface area contributed by atoms with Gasteiger partial charge in [0.05, 0.1) is 23.8 Å². The fraction of sp³-hybridized carbons (Fsp3) is 0.353. The summed E-state index contributed by atoms with van der Waals surface area (Å²) in [5.41, 5.74) is 2.66. The lowest BCUT2D eigenvalue weighted by Gasteiger charge is -2.30. The number of carbonyl (C=O) groups is 1. The van der Waals surface area contributed by atoms with E-state index >= 15 is 0 Å². The highest BCUT2D eigenvalue weighted by atomic mass is 16.2. The minimum absolute atomic E-state index is 0.145. The first-order valence-corrected chi connectivity index (χ1v) is 8.08. The number of imidazole rings is 1. The smallest absolute Gasteiger partial charge is 0.234 e. The van der Waals surface area contributed by atoms with Crippen molar-refractivity contribution in [2.45, 2.75) is 25.7 Å². The van der Waals surface area contributed by atoms with E-state index in [1.807, 2.05) is 27.8 Å². The molecule has 0 aromatic carbocycles. The van der Waals surface area contributed by atoms with E-state index in [1.165, 1.54) is 0 Å². The number of nitrogens with zero attached hydrogens (tertiary/aromatic N) is 6. The van der Waals surface area contributed by atoms with Crippen LogP contribution in [0.4, 0.5) is 0 Å². The van der Waals surface area contributed by atoms with Crippen molar-refractivity contribution in [1.29, 1.82) is 0 Å². The third-order valence-electron chi connectivity index (χ3n) is 4.56. The molecule has 24 heavy (non-hydrogen) atoms. The first-order valence-electron chi connectivity index (χ1n) is 8.08. The summed E-state index contributed by atoms with van der Waals surface area (Å²) >= 11 is 0. The monoisotopic (exact) mass is 322 g/mol. The van der Waals surface area contributed by atoms with Crippen molar-refractivity contribution >= 4 is 11.7 Å². The molecular formula is C17H18N6O. The normalized spacial score (nSPS) is 15.8. The van der Waals surface area contributed by atoms with Gasteiger partial charge in [-0.15, -0.1) is 0 Å². The van der Waals surface area contributed by atoms with Gasteiger partial charge in [0.25, 0.3) is 0 Å². The summed E-state index contributed by atoms with van der Waals surface area (Å²) in [6.07, 6.45) is 10.8. The van der Waals surface area contributed by atoms with Gasteiger partial charge in [-0.3, -0.25) is 14.2 Å². The molecule has 7 heteroatoms. The second-order valence-corrected chi connectivity index (χ2v) is 6.04. The van der Waals surface area contributed by atoms with Gasteiger partial charge in [-0.05, 0) is 18.9 Å². The van der Waals surface area contributed by atoms with Crippen molar-refractivity contribution in [2.24, 2.45) is 0 Å². The van der Waals surface area contributed by atoms with E-state index in [9.17, 15) is 4.79 Å². The molecule has 1 saturated heterocycles. The number of likely N-dealkylation sites (tertiary alicyclic amines) is 1. The van der Waals surface area contributed by atoms with E-state index in [-0.39, 0.29) is 5.91 Å². The molecule has 0 N–H and O–H groups in total. The average Bonchev–Trinajstić information content (AvgIpc) is 3.06. The highest BCUT2D eigenvalue weighted by Crippen LogP contribution is 2.28. The summed E-state index contributed by atoms with van der Waals surface area (Å²) in [6.45, 7) is 3.19. The molecule has 4 heterocycles. The first kappa shape index (κ1) is 14.7. The van der Waals surface area contributed by atoms with Gasteiger partial charge < -0.3 is 4.90 Å². The molecule has 0 radical (unpaired) electrons. The first-order chi connectivity index (χ1) is 11.7. The molecule has 1 aliphatic rings. The van der Waals surface area contributed by atoms with Crippen LogP contribution in [0.2, 0.25) is 0 Å². The van der Waals surface area contributed by atoms with Crippen LogP contribution in [0.15, 0.2) is 37.1 Å². The molecule has 1 fully saturated rings. The zero-order valence-corrected chi connectivity index (χ0v) is 13.5. The summed E-state index contributed by atoms with van der Waals surface area (Å²) in [4.78, 5) is 31.1. The van der Waals surface area contributed by atoms with Crippen LogP contribution in [0.1, 0.15) is 31.4 Å². The fourth-order valence-corrected chi connectivity index (χ4v) is 3.21. The molecular weight excluding hydrogens is 304 g/mol. The predicted molar refractivity (Wildman–Crippen MR) is 88.2 cm³/mol. The Morgan fingerprint density at radius 2 is 2.00 bits per heavy atom. The largest absolute Gasteiger partial charge is 0.343 e. The van der Waals surface area contributed by atoms with Gasteiger partial charge in [-0.2, -0.15) is 0 Å². The van der Waals surface area contributed by atoms with Crippen molar-refractivity contribution < 1.29 is 4.79 Å². The Morgan fingerprint density at radius 1 is 1.17 bits per heavy atom. The van der Waals surface area contributed by atoms with Gasteiger partial charge in [-0.1, -0.05) is 0 Å². The number of amides is 1. The van der Waals surface area contributed by atoms with Gasteiger partial charge in [0, 0.05) is 44.5 Å². The molecule has 1 aliphatic heterocycles. The topological polar surface area (TPSA) is 76.3 Å². The van der Waals surface area contributed by atoms with E-state index in [4.69, 9.17) is 4.98 Å². The molecule has 0 atom stereocenters. The van der Waals surface area contributed by atoms with Crippen LogP contribution in [0.3, 0.4) is 0 Å². The van der Waals surface area contributed by atoms with Crippen molar-refractivity contribution in [3.63, 3.8) is 0 Å². The lowest BCUT2D eigenvalue weighted by Crippen LogP contribution is -2.36. The van der Waals surface area contributed by atoms with Crippen molar-refractivity contribution in [3.8, 4) is 11.4 Å². The molecule has 0 unspecified atom stereocenters. The zero-order chi connectivity index (χ0) is 16.5. The van der Waals surface area contributed by atoms with Crippen LogP contribution in [0.25, 0.3) is 17.2 Å². The number of rotatable bonds is 2. The molecule has 0 spiro atoms. The highest BCUT2D eigenvalue weighted by molar-refractivity contribution is 5.73. The Kier molecular flexibility index (Phi) is 3.68. The summed E-state index contributed by atoms with van der Waals surface area (Å²) in [6, 6.07) is 1.87. The van der Waals surface area contributed by atoms with E-state index in [0.29, 0.717) is 11.7 Å².